The fourth-order valence-electron chi connectivity index (χ4n) is 1.88. The van der Waals surface area contributed by atoms with Crippen LogP contribution >= 0.6 is 0 Å². The molecule has 8 nitrogen and oxygen atoms in total. The number of carbonyl (C=O) groups excluding carboxylic acids is 1. The maximum atomic E-state index is 12.0. The molecule has 3 rings (SSSR count). The predicted molar refractivity (Wildman–Crippen MR) is 67.6 cm³/mol. The molecule has 0 fully saturated rings. The lowest BCUT2D eigenvalue weighted by atomic mass is 10.2. The van der Waals surface area contributed by atoms with Crippen molar-refractivity contribution in [2.24, 2.45) is 7.05 Å². The van der Waals surface area contributed by atoms with E-state index in [1.54, 1.807) is 10.7 Å². The summed E-state index contributed by atoms with van der Waals surface area (Å²) in [6.07, 6.45) is 2.83. The number of fused-ring (bicyclic) bond motifs is 1. The monoisotopic (exact) mass is 257 g/mol. The van der Waals surface area contributed by atoms with Gasteiger partial charge in [-0.15, -0.1) is 0 Å². The Hall–Kier alpha value is -2.77. The first-order chi connectivity index (χ1) is 9.15. The number of nitrogens with zero attached hydrogens (tertiary/aromatic N) is 5. The molecule has 0 saturated heterocycles. The van der Waals surface area contributed by atoms with Crippen molar-refractivity contribution in [1.29, 1.82) is 0 Å². The van der Waals surface area contributed by atoms with Crippen LogP contribution in [0.15, 0.2) is 18.6 Å². The van der Waals surface area contributed by atoms with Crippen molar-refractivity contribution >= 4 is 22.9 Å². The maximum Gasteiger partial charge on any atom is 0.259 e. The van der Waals surface area contributed by atoms with Crippen LogP contribution in [0.2, 0.25) is 0 Å². The van der Waals surface area contributed by atoms with Crippen LogP contribution in [-0.4, -0.2) is 35.9 Å². The highest BCUT2D eigenvalue weighted by Crippen LogP contribution is 2.16. The lowest BCUT2D eigenvalue weighted by molar-refractivity contribution is 0.102. The number of aromatic amines is 1. The molecule has 0 aromatic carbocycles. The van der Waals surface area contributed by atoms with Gasteiger partial charge in [-0.1, -0.05) is 0 Å². The van der Waals surface area contributed by atoms with Crippen LogP contribution in [0, 0.1) is 6.92 Å². The Morgan fingerprint density at radius 1 is 1.42 bits per heavy atom. The number of H-pyrrole nitrogens is 1. The third-order valence-electron chi connectivity index (χ3n) is 2.77. The molecule has 0 radical (unpaired) electrons. The Morgan fingerprint density at radius 2 is 2.26 bits per heavy atom. The molecule has 0 spiro atoms. The second-order valence-corrected chi connectivity index (χ2v) is 4.09. The third-order valence-corrected chi connectivity index (χ3v) is 2.77. The number of rotatable bonds is 2. The maximum absolute atomic E-state index is 12.0. The summed E-state index contributed by atoms with van der Waals surface area (Å²) in [6.45, 7) is 1.88. The van der Waals surface area contributed by atoms with E-state index in [1.807, 2.05) is 14.0 Å². The first-order valence-electron chi connectivity index (χ1n) is 5.61. The normalized spacial score (nSPS) is 10.8. The number of anilines is 1. The quantitative estimate of drug-likeness (QED) is 0.701. The average molecular weight is 257 g/mol. The molecule has 8 heteroatoms. The summed E-state index contributed by atoms with van der Waals surface area (Å²) in [5.41, 5.74) is 2.02. The summed E-state index contributed by atoms with van der Waals surface area (Å²) in [6, 6.07) is 1.76. The molecule has 3 heterocycles. The van der Waals surface area contributed by atoms with Crippen LogP contribution in [0.3, 0.4) is 0 Å². The minimum atomic E-state index is -0.297. The van der Waals surface area contributed by atoms with Gasteiger partial charge in [0.15, 0.2) is 5.65 Å². The number of aromatic nitrogens is 6. The number of hydrogen-bond acceptors (Lipinski definition) is 5. The Kier molecular flexibility index (Phi) is 2.48. The number of aryl methyl sites for hydroxylation is 2. The zero-order valence-electron chi connectivity index (χ0n) is 10.4. The Labute approximate surface area is 107 Å². The fraction of sp³-hybridized carbons (Fsp3) is 0.182. The van der Waals surface area contributed by atoms with Gasteiger partial charge in [0.2, 0.25) is 5.95 Å². The molecule has 96 valence electrons. The van der Waals surface area contributed by atoms with Crippen molar-refractivity contribution in [2.45, 2.75) is 6.92 Å². The highest BCUT2D eigenvalue weighted by molar-refractivity contribution is 6.04. The Balaban J connectivity index is 1.97. The van der Waals surface area contributed by atoms with Gasteiger partial charge in [0.25, 0.3) is 5.91 Å². The lowest BCUT2D eigenvalue weighted by Gasteiger charge is -2.01. The van der Waals surface area contributed by atoms with E-state index in [0.717, 1.165) is 16.7 Å². The minimum absolute atomic E-state index is 0.297. The summed E-state index contributed by atoms with van der Waals surface area (Å²) in [5, 5.41) is 13.9. The van der Waals surface area contributed by atoms with Gasteiger partial charge >= 0.3 is 0 Å². The van der Waals surface area contributed by atoms with Crippen LogP contribution < -0.4 is 5.32 Å². The summed E-state index contributed by atoms with van der Waals surface area (Å²) in [4.78, 5) is 20.1. The Morgan fingerprint density at radius 3 is 3.00 bits per heavy atom. The van der Waals surface area contributed by atoms with Gasteiger partial charge in [-0.25, -0.2) is 10.1 Å². The Bertz CT molecular complexity index is 744. The second kappa shape index (κ2) is 4.16. The van der Waals surface area contributed by atoms with E-state index < -0.39 is 0 Å². The van der Waals surface area contributed by atoms with Gasteiger partial charge in [0.1, 0.15) is 6.33 Å². The number of hydrogen-bond donors (Lipinski definition) is 2. The van der Waals surface area contributed by atoms with Crippen LogP contribution in [0.25, 0.3) is 11.0 Å². The van der Waals surface area contributed by atoms with Crippen LogP contribution in [0.4, 0.5) is 5.95 Å². The van der Waals surface area contributed by atoms with Crippen LogP contribution in [-0.2, 0) is 7.05 Å². The zero-order valence-corrected chi connectivity index (χ0v) is 10.4. The molecular weight excluding hydrogens is 246 g/mol. The molecule has 3 aromatic rings. The van der Waals surface area contributed by atoms with E-state index in [2.05, 4.69) is 30.6 Å². The molecule has 2 N–H and O–H groups in total. The van der Waals surface area contributed by atoms with Gasteiger partial charge in [0.05, 0.1) is 11.3 Å². The van der Waals surface area contributed by atoms with Crippen molar-refractivity contribution in [3.63, 3.8) is 0 Å². The van der Waals surface area contributed by atoms with Crippen molar-refractivity contribution in [1.82, 2.24) is 29.9 Å². The summed E-state index contributed by atoms with van der Waals surface area (Å²) in [5.74, 6) is 0.00223. The number of carbonyl (C=O) groups is 1. The zero-order chi connectivity index (χ0) is 13.4. The molecule has 0 aliphatic heterocycles. The van der Waals surface area contributed by atoms with Gasteiger partial charge in [0, 0.05) is 18.6 Å². The largest absolute Gasteiger partial charge is 0.291 e. The molecular formula is C11H11N7O. The molecule has 0 unspecified atom stereocenters. The highest BCUT2D eigenvalue weighted by Gasteiger charge is 2.12. The number of amides is 1. The van der Waals surface area contributed by atoms with Gasteiger partial charge in [-0.3, -0.25) is 14.8 Å². The molecule has 0 saturated carbocycles. The van der Waals surface area contributed by atoms with E-state index >= 15 is 0 Å². The molecule has 3 aromatic heterocycles. The summed E-state index contributed by atoms with van der Waals surface area (Å²) in [7, 11) is 1.82. The topological polar surface area (TPSA) is 101 Å². The van der Waals surface area contributed by atoms with Crippen LogP contribution in [0.1, 0.15) is 16.1 Å². The molecule has 0 aliphatic carbocycles. The van der Waals surface area contributed by atoms with Gasteiger partial charge in [-0.05, 0) is 13.0 Å². The van der Waals surface area contributed by atoms with Gasteiger partial charge in [-0.2, -0.15) is 15.2 Å². The fourth-order valence-corrected chi connectivity index (χ4v) is 1.88. The molecule has 0 atom stereocenters. The van der Waals surface area contributed by atoms with Crippen molar-refractivity contribution < 1.29 is 4.79 Å². The SMILES string of the molecule is Cc1nn(C)c2ncc(C(=O)Nc3ncn[nH]3)cc12. The van der Waals surface area contributed by atoms with E-state index in [9.17, 15) is 4.79 Å². The van der Waals surface area contributed by atoms with Crippen molar-refractivity contribution in [3.8, 4) is 0 Å². The molecule has 19 heavy (non-hydrogen) atoms. The minimum Gasteiger partial charge on any atom is -0.291 e. The molecule has 0 aliphatic rings. The van der Waals surface area contributed by atoms with E-state index in [1.165, 1.54) is 12.5 Å². The number of nitrogens with one attached hydrogen (secondary N) is 2. The smallest absolute Gasteiger partial charge is 0.259 e. The van der Waals surface area contributed by atoms with Gasteiger partial charge < -0.3 is 0 Å². The summed E-state index contributed by atoms with van der Waals surface area (Å²) < 4.78 is 1.68. The average Bonchev–Trinajstić information content (AvgIpc) is 2.99. The van der Waals surface area contributed by atoms with Crippen LogP contribution in [0.5, 0.6) is 0 Å². The second-order valence-electron chi connectivity index (χ2n) is 4.09. The summed E-state index contributed by atoms with van der Waals surface area (Å²) >= 11 is 0. The first-order valence-corrected chi connectivity index (χ1v) is 5.61. The van der Waals surface area contributed by atoms with E-state index in [-0.39, 0.29) is 5.91 Å². The molecule has 0 bridgehead atoms. The van der Waals surface area contributed by atoms with Crippen molar-refractivity contribution in [3.05, 3.63) is 29.8 Å². The predicted octanol–water partition coefficient (Wildman–Crippen LogP) is 0.647. The van der Waals surface area contributed by atoms with Crippen molar-refractivity contribution in [2.75, 3.05) is 5.32 Å². The highest BCUT2D eigenvalue weighted by atomic mass is 16.1. The van der Waals surface area contributed by atoms with E-state index in [0.29, 0.717) is 11.5 Å². The standard InChI is InChI=1S/C11H11N7O/c1-6-8-3-7(4-12-9(8)18(2)17-6)10(19)15-11-13-5-14-16-11/h3-5H,1-2H3,(H2,13,14,15,16,19). The van der Waals surface area contributed by atoms with E-state index in [4.69, 9.17) is 0 Å². The first kappa shape index (κ1) is 11.3. The number of pyridine rings is 1. The third kappa shape index (κ3) is 1.92. The molecule has 1 amide bonds. The lowest BCUT2D eigenvalue weighted by Crippen LogP contribution is -2.13.